The lowest BCUT2D eigenvalue weighted by Gasteiger charge is -2.08. The van der Waals surface area contributed by atoms with E-state index in [-0.39, 0.29) is 0 Å². The first-order valence-corrected chi connectivity index (χ1v) is 6.00. The molecule has 0 saturated heterocycles. The van der Waals surface area contributed by atoms with Crippen molar-refractivity contribution < 1.29 is 9.53 Å². The lowest BCUT2D eigenvalue weighted by atomic mass is 10.1. The number of hydrogen-bond donors (Lipinski definition) is 0. The van der Waals surface area contributed by atoms with Crippen LogP contribution in [0, 0.1) is 0 Å². The highest BCUT2D eigenvalue weighted by Gasteiger charge is 2.00. The molecule has 2 rings (SSSR count). The molecule has 2 nitrogen and oxygen atoms in total. The fourth-order valence-electron chi connectivity index (χ4n) is 1.48. The third-order valence-electron chi connectivity index (χ3n) is 2.32. The largest absolute Gasteiger partial charge is 0.488 e. The van der Waals surface area contributed by atoms with Crippen molar-refractivity contribution in [1.82, 2.24) is 0 Å². The van der Waals surface area contributed by atoms with E-state index in [1.165, 1.54) is 0 Å². The molecule has 0 aliphatic heterocycles. The summed E-state index contributed by atoms with van der Waals surface area (Å²) in [7, 11) is 0. The predicted octanol–water partition coefficient (Wildman–Crippen LogP) is 3.84. The normalized spacial score (nSPS) is 9.94. The second kappa shape index (κ2) is 5.64. The summed E-state index contributed by atoms with van der Waals surface area (Å²) < 4.78 is 6.58. The van der Waals surface area contributed by atoms with Crippen LogP contribution in [-0.4, -0.2) is 6.29 Å². The predicted molar refractivity (Wildman–Crippen MR) is 70.3 cm³/mol. The Balaban J connectivity index is 2.07. The Kier molecular flexibility index (Phi) is 3.94. The van der Waals surface area contributed by atoms with Crippen molar-refractivity contribution in [3.05, 3.63) is 64.1 Å². The molecule has 3 heteroatoms. The molecule has 0 amide bonds. The lowest BCUT2D eigenvalue weighted by Crippen LogP contribution is -1.96. The Morgan fingerprint density at radius 2 is 1.94 bits per heavy atom. The minimum atomic E-state index is 0.449. The number of carbonyl (C=O) groups is 1. The van der Waals surface area contributed by atoms with E-state index in [4.69, 9.17) is 4.74 Å². The first-order valence-electron chi connectivity index (χ1n) is 5.21. The van der Waals surface area contributed by atoms with Crippen LogP contribution in [0.3, 0.4) is 0 Å². The summed E-state index contributed by atoms with van der Waals surface area (Å²) >= 11 is 3.42. The number of benzene rings is 2. The molecule has 2 aromatic carbocycles. The summed E-state index contributed by atoms with van der Waals surface area (Å²) in [4.78, 5) is 10.6. The summed E-state index contributed by atoms with van der Waals surface area (Å²) in [6.07, 6.45) is 0.835. The van der Waals surface area contributed by atoms with Crippen molar-refractivity contribution in [2.24, 2.45) is 0 Å². The molecule has 0 saturated carbocycles. The van der Waals surface area contributed by atoms with Crippen molar-refractivity contribution in [2.45, 2.75) is 6.61 Å². The van der Waals surface area contributed by atoms with E-state index in [0.29, 0.717) is 12.2 Å². The van der Waals surface area contributed by atoms with Gasteiger partial charge in [0.1, 0.15) is 18.6 Å². The zero-order valence-corrected chi connectivity index (χ0v) is 10.7. The highest BCUT2D eigenvalue weighted by Crippen LogP contribution is 2.24. The number of ether oxygens (including phenoxy) is 1. The SMILES string of the molecule is O=Cc1cccc(COc2ccccc2Br)c1. The Bertz CT molecular complexity index is 523. The van der Waals surface area contributed by atoms with Gasteiger partial charge in [-0.3, -0.25) is 4.79 Å². The number of hydrogen-bond acceptors (Lipinski definition) is 2. The maximum Gasteiger partial charge on any atom is 0.150 e. The molecule has 0 aliphatic carbocycles. The smallest absolute Gasteiger partial charge is 0.150 e. The van der Waals surface area contributed by atoms with Gasteiger partial charge in [-0.15, -0.1) is 0 Å². The van der Waals surface area contributed by atoms with Crippen LogP contribution in [0.4, 0.5) is 0 Å². The van der Waals surface area contributed by atoms with Gasteiger partial charge in [-0.1, -0.05) is 30.3 Å². The van der Waals surface area contributed by atoms with Gasteiger partial charge >= 0.3 is 0 Å². The van der Waals surface area contributed by atoms with Crippen LogP contribution in [0.2, 0.25) is 0 Å². The summed E-state index contributed by atoms with van der Waals surface area (Å²) in [6.45, 7) is 0.449. The van der Waals surface area contributed by atoms with Crippen LogP contribution in [0.5, 0.6) is 5.75 Å². The van der Waals surface area contributed by atoms with E-state index in [2.05, 4.69) is 15.9 Å². The molecule has 0 aromatic heterocycles. The molecular formula is C14H11BrO2. The number of carbonyl (C=O) groups excluding carboxylic acids is 1. The molecule has 0 N–H and O–H groups in total. The quantitative estimate of drug-likeness (QED) is 0.800. The van der Waals surface area contributed by atoms with Gasteiger partial charge in [0.05, 0.1) is 4.47 Å². The van der Waals surface area contributed by atoms with E-state index in [1.54, 1.807) is 6.07 Å². The summed E-state index contributed by atoms with van der Waals surface area (Å²) in [6, 6.07) is 15.1. The van der Waals surface area contributed by atoms with Crippen molar-refractivity contribution in [3.63, 3.8) is 0 Å². The molecule has 17 heavy (non-hydrogen) atoms. The van der Waals surface area contributed by atoms with Crippen molar-refractivity contribution >= 4 is 22.2 Å². The minimum absolute atomic E-state index is 0.449. The third kappa shape index (κ3) is 3.17. The Morgan fingerprint density at radius 1 is 1.12 bits per heavy atom. The van der Waals surface area contributed by atoms with Gasteiger partial charge < -0.3 is 4.74 Å². The average Bonchev–Trinajstić information content (AvgIpc) is 2.38. The van der Waals surface area contributed by atoms with Gasteiger partial charge in [-0.05, 0) is 39.7 Å². The van der Waals surface area contributed by atoms with Gasteiger partial charge in [0, 0.05) is 5.56 Å². The zero-order valence-electron chi connectivity index (χ0n) is 9.10. The van der Waals surface area contributed by atoms with E-state index >= 15 is 0 Å². The highest BCUT2D eigenvalue weighted by molar-refractivity contribution is 9.10. The summed E-state index contributed by atoms with van der Waals surface area (Å²) in [5.41, 5.74) is 1.64. The van der Waals surface area contributed by atoms with Crippen LogP contribution < -0.4 is 4.74 Å². The van der Waals surface area contributed by atoms with Crippen LogP contribution in [0.15, 0.2) is 53.0 Å². The Hall–Kier alpha value is -1.61. The number of para-hydroxylation sites is 1. The van der Waals surface area contributed by atoms with Crippen molar-refractivity contribution in [1.29, 1.82) is 0 Å². The molecule has 0 atom stereocenters. The monoisotopic (exact) mass is 290 g/mol. The maximum absolute atomic E-state index is 10.6. The Labute approximate surface area is 108 Å². The van der Waals surface area contributed by atoms with Gasteiger partial charge in [-0.2, -0.15) is 0 Å². The van der Waals surface area contributed by atoms with Crippen LogP contribution in [-0.2, 0) is 6.61 Å². The van der Waals surface area contributed by atoms with Gasteiger partial charge in [-0.25, -0.2) is 0 Å². The number of halogens is 1. The highest BCUT2D eigenvalue weighted by atomic mass is 79.9. The van der Waals surface area contributed by atoms with Crippen LogP contribution in [0.25, 0.3) is 0 Å². The standard InChI is InChI=1S/C14H11BrO2/c15-13-6-1-2-7-14(13)17-10-12-5-3-4-11(8-12)9-16/h1-9H,10H2. The molecule has 0 unspecified atom stereocenters. The number of rotatable bonds is 4. The molecule has 2 aromatic rings. The second-order valence-electron chi connectivity index (χ2n) is 3.58. The number of aldehydes is 1. The first kappa shape index (κ1) is 11.9. The molecular weight excluding hydrogens is 280 g/mol. The Morgan fingerprint density at radius 3 is 2.71 bits per heavy atom. The molecule has 0 bridgehead atoms. The minimum Gasteiger partial charge on any atom is -0.488 e. The lowest BCUT2D eigenvalue weighted by molar-refractivity contribution is 0.112. The van der Waals surface area contributed by atoms with Crippen molar-refractivity contribution in [2.75, 3.05) is 0 Å². The van der Waals surface area contributed by atoms with Gasteiger partial charge in [0.15, 0.2) is 0 Å². The van der Waals surface area contributed by atoms with Gasteiger partial charge in [0.2, 0.25) is 0 Å². The van der Waals surface area contributed by atoms with Crippen LogP contribution in [0.1, 0.15) is 15.9 Å². The fourth-order valence-corrected chi connectivity index (χ4v) is 1.88. The summed E-state index contributed by atoms with van der Waals surface area (Å²) in [5, 5.41) is 0. The molecule has 0 fully saturated rings. The fraction of sp³-hybridized carbons (Fsp3) is 0.0714. The third-order valence-corrected chi connectivity index (χ3v) is 2.97. The molecule has 0 heterocycles. The van der Waals surface area contributed by atoms with E-state index in [1.807, 2.05) is 42.5 Å². The second-order valence-corrected chi connectivity index (χ2v) is 4.44. The van der Waals surface area contributed by atoms with E-state index in [9.17, 15) is 4.79 Å². The van der Waals surface area contributed by atoms with E-state index in [0.717, 1.165) is 22.1 Å². The topological polar surface area (TPSA) is 26.3 Å². The maximum atomic E-state index is 10.6. The van der Waals surface area contributed by atoms with E-state index < -0.39 is 0 Å². The zero-order chi connectivity index (χ0) is 12.1. The molecule has 0 aliphatic rings. The first-order chi connectivity index (χ1) is 8.29. The molecule has 0 radical (unpaired) electrons. The van der Waals surface area contributed by atoms with Gasteiger partial charge in [0.25, 0.3) is 0 Å². The van der Waals surface area contributed by atoms with Crippen molar-refractivity contribution in [3.8, 4) is 5.75 Å². The van der Waals surface area contributed by atoms with Crippen LogP contribution >= 0.6 is 15.9 Å². The summed E-state index contributed by atoms with van der Waals surface area (Å²) in [5.74, 6) is 0.795. The molecule has 86 valence electrons. The molecule has 0 spiro atoms. The average molecular weight is 291 g/mol.